The SMILES string of the molecule is CC(C)Oc1ccc(C(=O)N[C@@H](Cc2ccc(OCC3CC3)cc2)C(=O)NCC(N)=O)cc1Cl. The molecule has 1 fully saturated rings. The highest BCUT2D eigenvalue weighted by Gasteiger charge is 2.24. The topological polar surface area (TPSA) is 120 Å². The quantitative estimate of drug-likeness (QED) is 0.425. The number of carbonyl (C=O) groups excluding carboxylic acids is 3. The second-order valence-corrected chi connectivity index (χ2v) is 9.03. The Kier molecular flexibility index (Phi) is 8.76. The fourth-order valence-corrected chi connectivity index (χ4v) is 3.42. The van der Waals surface area contributed by atoms with Crippen LogP contribution in [0.1, 0.15) is 42.6 Å². The molecule has 1 atom stereocenters. The summed E-state index contributed by atoms with van der Waals surface area (Å²) in [7, 11) is 0. The molecule has 2 aromatic carbocycles. The molecule has 0 spiro atoms. The van der Waals surface area contributed by atoms with E-state index in [1.807, 2.05) is 38.1 Å². The molecule has 182 valence electrons. The number of carbonyl (C=O) groups is 3. The number of hydrogen-bond donors (Lipinski definition) is 3. The monoisotopic (exact) mass is 487 g/mol. The first-order chi connectivity index (χ1) is 16.2. The number of primary amides is 1. The van der Waals surface area contributed by atoms with Gasteiger partial charge in [-0.1, -0.05) is 23.7 Å². The minimum atomic E-state index is -0.935. The Morgan fingerprint density at radius 1 is 1.12 bits per heavy atom. The third-order valence-electron chi connectivity index (χ3n) is 5.16. The molecule has 0 unspecified atom stereocenters. The molecule has 3 rings (SSSR count). The van der Waals surface area contributed by atoms with Crippen molar-refractivity contribution in [1.82, 2.24) is 10.6 Å². The van der Waals surface area contributed by atoms with Crippen LogP contribution < -0.4 is 25.8 Å². The average molecular weight is 488 g/mol. The maximum absolute atomic E-state index is 12.9. The van der Waals surface area contributed by atoms with E-state index in [0.29, 0.717) is 18.3 Å². The van der Waals surface area contributed by atoms with Crippen molar-refractivity contribution in [3.8, 4) is 11.5 Å². The van der Waals surface area contributed by atoms with E-state index in [1.54, 1.807) is 12.1 Å². The Morgan fingerprint density at radius 3 is 2.41 bits per heavy atom. The summed E-state index contributed by atoms with van der Waals surface area (Å²) in [4.78, 5) is 36.7. The van der Waals surface area contributed by atoms with Gasteiger partial charge < -0.3 is 25.8 Å². The lowest BCUT2D eigenvalue weighted by Crippen LogP contribution is -2.49. The van der Waals surface area contributed by atoms with Crippen LogP contribution in [0.3, 0.4) is 0 Å². The number of ether oxygens (including phenoxy) is 2. The minimum Gasteiger partial charge on any atom is -0.493 e. The number of halogens is 1. The van der Waals surface area contributed by atoms with Crippen molar-refractivity contribution in [2.45, 2.75) is 45.3 Å². The molecular weight excluding hydrogens is 458 g/mol. The van der Waals surface area contributed by atoms with Crippen molar-refractivity contribution in [3.63, 3.8) is 0 Å². The summed E-state index contributed by atoms with van der Waals surface area (Å²) >= 11 is 6.25. The zero-order valence-corrected chi connectivity index (χ0v) is 20.1. The van der Waals surface area contributed by atoms with Gasteiger partial charge in [0.15, 0.2) is 0 Å². The molecule has 8 nitrogen and oxygen atoms in total. The highest BCUT2D eigenvalue weighted by atomic mass is 35.5. The number of rotatable bonds is 12. The number of nitrogens with two attached hydrogens (primary N) is 1. The van der Waals surface area contributed by atoms with Crippen molar-refractivity contribution >= 4 is 29.3 Å². The minimum absolute atomic E-state index is 0.0685. The predicted octanol–water partition coefficient (Wildman–Crippen LogP) is 2.86. The smallest absolute Gasteiger partial charge is 0.251 e. The van der Waals surface area contributed by atoms with E-state index in [4.69, 9.17) is 26.8 Å². The van der Waals surface area contributed by atoms with E-state index in [9.17, 15) is 14.4 Å². The normalized spacial score (nSPS) is 13.8. The molecule has 0 radical (unpaired) electrons. The summed E-state index contributed by atoms with van der Waals surface area (Å²) in [5.41, 5.74) is 6.23. The molecule has 0 heterocycles. The van der Waals surface area contributed by atoms with Crippen LogP contribution in [0.4, 0.5) is 0 Å². The number of benzene rings is 2. The molecule has 0 aliphatic heterocycles. The maximum Gasteiger partial charge on any atom is 0.251 e. The van der Waals surface area contributed by atoms with E-state index in [1.165, 1.54) is 18.9 Å². The molecule has 0 aromatic heterocycles. The summed E-state index contributed by atoms with van der Waals surface area (Å²) in [6, 6.07) is 11.1. The number of hydrogen-bond acceptors (Lipinski definition) is 5. The first-order valence-electron chi connectivity index (χ1n) is 11.3. The third kappa shape index (κ3) is 7.95. The van der Waals surface area contributed by atoms with Gasteiger partial charge >= 0.3 is 0 Å². The van der Waals surface area contributed by atoms with Crippen LogP contribution in [0.15, 0.2) is 42.5 Å². The maximum atomic E-state index is 12.9. The van der Waals surface area contributed by atoms with Gasteiger partial charge in [-0.3, -0.25) is 14.4 Å². The summed E-state index contributed by atoms with van der Waals surface area (Å²) in [5, 5.41) is 5.47. The Balaban J connectivity index is 1.69. The zero-order chi connectivity index (χ0) is 24.7. The van der Waals surface area contributed by atoms with Crippen LogP contribution in [0.5, 0.6) is 11.5 Å². The second kappa shape index (κ2) is 11.7. The fourth-order valence-electron chi connectivity index (χ4n) is 3.20. The van der Waals surface area contributed by atoms with Crippen LogP contribution in [-0.2, 0) is 16.0 Å². The first kappa shape index (κ1) is 25.4. The van der Waals surface area contributed by atoms with Gasteiger partial charge in [0.2, 0.25) is 11.8 Å². The summed E-state index contributed by atoms with van der Waals surface area (Å²) in [6.45, 7) is 4.12. The molecule has 2 aromatic rings. The molecule has 1 aliphatic carbocycles. The first-order valence-corrected chi connectivity index (χ1v) is 11.6. The number of nitrogens with one attached hydrogen (secondary N) is 2. The molecule has 0 saturated heterocycles. The standard InChI is InChI=1S/C25H30ClN3O5/c1-15(2)34-22-10-7-18(12-20(22)26)24(31)29-21(25(32)28-13-23(27)30)11-16-5-8-19(9-6-16)33-14-17-3-4-17/h5-10,12,15,17,21H,3-4,11,13-14H2,1-2H3,(H2,27,30)(H,28,32)(H,29,31)/t21-/m0/s1. The predicted molar refractivity (Wildman–Crippen MR) is 129 cm³/mol. The van der Waals surface area contributed by atoms with Gasteiger partial charge in [-0.2, -0.15) is 0 Å². The van der Waals surface area contributed by atoms with E-state index >= 15 is 0 Å². The van der Waals surface area contributed by atoms with Crippen molar-refractivity contribution < 1.29 is 23.9 Å². The lowest BCUT2D eigenvalue weighted by atomic mass is 10.0. The number of amides is 3. The summed E-state index contributed by atoms with van der Waals surface area (Å²) in [6.07, 6.45) is 2.56. The van der Waals surface area contributed by atoms with E-state index in [0.717, 1.165) is 11.3 Å². The van der Waals surface area contributed by atoms with Crippen molar-refractivity contribution in [3.05, 3.63) is 58.6 Å². The van der Waals surface area contributed by atoms with Gasteiger partial charge in [0.05, 0.1) is 24.3 Å². The highest BCUT2D eigenvalue weighted by Crippen LogP contribution is 2.29. The van der Waals surface area contributed by atoms with Crippen molar-refractivity contribution in [2.24, 2.45) is 11.7 Å². The Bertz CT molecular complexity index is 1020. The fraction of sp³-hybridized carbons (Fsp3) is 0.400. The van der Waals surface area contributed by atoms with Gasteiger partial charge in [0.1, 0.15) is 17.5 Å². The summed E-state index contributed by atoms with van der Waals surface area (Å²) < 4.78 is 11.3. The molecule has 1 aliphatic rings. The van der Waals surface area contributed by atoms with E-state index in [2.05, 4.69) is 10.6 Å². The van der Waals surface area contributed by atoms with Crippen LogP contribution in [0, 0.1) is 5.92 Å². The van der Waals surface area contributed by atoms with Crippen LogP contribution in [-0.4, -0.2) is 43.0 Å². The molecule has 3 amide bonds. The molecule has 9 heteroatoms. The molecule has 34 heavy (non-hydrogen) atoms. The lowest BCUT2D eigenvalue weighted by Gasteiger charge is -2.19. The van der Waals surface area contributed by atoms with Crippen molar-refractivity contribution in [2.75, 3.05) is 13.2 Å². The van der Waals surface area contributed by atoms with Gasteiger partial charge in [-0.25, -0.2) is 0 Å². The van der Waals surface area contributed by atoms with Crippen molar-refractivity contribution in [1.29, 1.82) is 0 Å². The third-order valence-corrected chi connectivity index (χ3v) is 5.46. The lowest BCUT2D eigenvalue weighted by molar-refractivity contribution is -0.126. The van der Waals surface area contributed by atoms with Gasteiger partial charge in [0, 0.05) is 12.0 Å². The molecular formula is C25H30ClN3O5. The van der Waals surface area contributed by atoms with Gasteiger partial charge in [-0.15, -0.1) is 0 Å². The van der Waals surface area contributed by atoms with Crippen LogP contribution >= 0.6 is 11.6 Å². The summed E-state index contributed by atoms with van der Waals surface area (Å²) in [5.74, 6) is 0.185. The highest BCUT2D eigenvalue weighted by molar-refractivity contribution is 6.32. The Labute approximate surface area is 204 Å². The molecule has 1 saturated carbocycles. The van der Waals surface area contributed by atoms with Gasteiger partial charge in [-0.05, 0) is 68.5 Å². The Hall–Kier alpha value is -3.26. The second-order valence-electron chi connectivity index (χ2n) is 8.62. The van der Waals surface area contributed by atoms with Gasteiger partial charge in [0.25, 0.3) is 5.91 Å². The zero-order valence-electron chi connectivity index (χ0n) is 19.3. The van der Waals surface area contributed by atoms with Crippen LogP contribution in [0.25, 0.3) is 0 Å². The molecule has 4 N–H and O–H groups in total. The average Bonchev–Trinajstić information content (AvgIpc) is 3.62. The largest absolute Gasteiger partial charge is 0.493 e. The molecule has 0 bridgehead atoms. The van der Waals surface area contributed by atoms with Crippen LogP contribution in [0.2, 0.25) is 5.02 Å². The van der Waals surface area contributed by atoms with E-state index < -0.39 is 23.8 Å². The van der Waals surface area contributed by atoms with E-state index in [-0.39, 0.29) is 29.7 Å². The Morgan fingerprint density at radius 2 is 1.82 bits per heavy atom.